The molecule has 3 nitrogen and oxygen atoms in total. The Morgan fingerprint density at radius 2 is 2.30 bits per heavy atom. The summed E-state index contributed by atoms with van der Waals surface area (Å²) in [6.45, 7) is 4.14. The Labute approximate surface area is 123 Å². The molecule has 1 aromatic carbocycles. The second-order valence-corrected chi connectivity index (χ2v) is 6.77. The number of hydrogen-bond acceptors (Lipinski definition) is 3. The summed E-state index contributed by atoms with van der Waals surface area (Å²) < 4.78 is 1.28. The van der Waals surface area contributed by atoms with Gasteiger partial charge < -0.3 is 4.90 Å². The maximum absolute atomic E-state index is 9.06. The monoisotopic (exact) mass is 286 g/mol. The number of aromatic nitrogens is 1. The van der Waals surface area contributed by atoms with Gasteiger partial charge in [-0.2, -0.15) is 5.26 Å². The van der Waals surface area contributed by atoms with Crippen molar-refractivity contribution in [2.24, 2.45) is 5.92 Å². The number of rotatable bonds is 3. The predicted molar refractivity (Wildman–Crippen MR) is 81.7 cm³/mol. The maximum atomic E-state index is 9.06. The zero-order valence-corrected chi connectivity index (χ0v) is 12.6. The van der Waals surface area contributed by atoms with Crippen molar-refractivity contribution in [3.05, 3.63) is 29.3 Å². The highest BCUT2D eigenvalue weighted by atomic mass is 32.1. The fraction of sp³-hybridized carbons (Fsp3) is 0.500. The van der Waals surface area contributed by atoms with Gasteiger partial charge in [-0.25, -0.2) is 4.98 Å². The first-order valence-electron chi connectivity index (χ1n) is 7.37. The van der Waals surface area contributed by atoms with Crippen molar-refractivity contribution in [3.63, 3.8) is 0 Å². The summed E-state index contributed by atoms with van der Waals surface area (Å²) in [5.41, 5.74) is 1.12. The van der Waals surface area contributed by atoms with Crippen LogP contribution in [0.5, 0.6) is 0 Å². The van der Waals surface area contributed by atoms with Gasteiger partial charge in [-0.05, 0) is 31.9 Å². The third-order valence-corrected chi connectivity index (χ3v) is 5.28. The molecule has 104 valence electrons. The van der Waals surface area contributed by atoms with Crippen molar-refractivity contribution in [1.82, 2.24) is 4.98 Å². The van der Waals surface area contributed by atoms with Crippen molar-refractivity contribution in [2.75, 3.05) is 13.1 Å². The van der Waals surface area contributed by atoms with Crippen LogP contribution in [-0.2, 0) is 0 Å². The molecule has 2 heterocycles. The normalized spacial score (nSPS) is 24.4. The predicted octanol–water partition coefficient (Wildman–Crippen LogP) is 2.57. The summed E-state index contributed by atoms with van der Waals surface area (Å²) in [5, 5.41) is 10.3. The lowest BCUT2D eigenvalue weighted by atomic mass is 10.0. The summed E-state index contributed by atoms with van der Waals surface area (Å²) in [4.78, 5) is 6.38. The molecule has 0 amide bonds. The summed E-state index contributed by atoms with van der Waals surface area (Å²) in [5.74, 6) is 0.125. The minimum Gasteiger partial charge on any atom is -0.326 e. The SMILES string of the molecule is C[C@@H](C#N)C[NH+]1CCCC[C@@H]1c1nc2ccccc2s1. The number of nitriles is 1. The Morgan fingerprint density at radius 1 is 1.45 bits per heavy atom. The van der Waals surface area contributed by atoms with E-state index in [0.717, 1.165) is 12.1 Å². The highest BCUT2D eigenvalue weighted by Crippen LogP contribution is 2.28. The van der Waals surface area contributed by atoms with Crippen molar-refractivity contribution in [3.8, 4) is 6.07 Å². The van der Waals surface area contributed by atoms with E-state index in [9.17, 15) is 0 Å². The van der Waals surface area contributed by atoms with E-state index in [1.165, 1.54) is 35.5 Å². The third-order valence-electron chi connectivity index (χ3n) is 4.13. The van der Waals surface area contributed by atoms with E-state index in [2.05, 4.69) is 30.3 Å². The minimum atomic E-state index is 0.125. The van der Waals surface area contributed by atoms with Crippen LogP contribution in [0.2, 0.25) is 0 Å². The van der Waals surface area contributed by atoms with Gasteiger partial charge in [0.1, 0.15) is 6.04 Å². The van der Waals surface area contributed by atoms with E-state index in [0.29, 0.717) is 6.04 Å². The largest absolute Gasteiger partial charge is 0.326 e. The van der Waals surface area contributed by atoms with Gasteiger partial charge in [0, 0.05) is 6.42 Å². The number of nitrogens with one attached hydrogen (secondary N) is 1. The Bertz CT molecular complexity index is 595. The molecule has 0 spiro atoms. The second-order valence-electron chi connectivity index (χ2n) is 5.71. The van der Waals surface area contributed by atoms with Gasteiger partial charge in [0.05, 0.1) is 35.3 Å². The van der Waals surface area contributed by atoms with E-state index in [1.54, 1.807) is 4.90 Å². The molecule has 0 bridgehead atoms. The first-order valence-corrected chi connectivity index (χ1v) is 8.19. The van der Waals surface area contributed by atoms with E-state index in [4.69, 9.17) is 10.2 Å². The van der Waals surface area contributed by atoms with Crippen molar-refractivity contribution >= 4 is 21.6 Å². The van der Waals surface area contributed by atoms with Crippen LogP contribution < -0.4 is 4.90 Å². The first-order chi connectivity index (χ1) is 9.78. The van der Waals surface area contributed by atoms with E-state index in [-0.39, 0.29) is 5.92 Å². The fourth-order valence-electron chi connectivity index (χ4n) is 3.10. The Morgan fingerprint density at radius 3 is 3.10 bits per heavy atom. The van der Waals surface area contributed by atoms with Gasteiger partial charge in [0.2, 0.25) is 0 Å². The molecule has 1 aliphatic heterocycles. The lowest BCUT2D eigenvalue weighted by molar-refractivity contribution is -0.939. The second kappa shape index (κ2) is 5.90. The summed E-state index contributed by atoms with van der Waals surface area (Å²) in [6, 6.07) is 11.2. The molecule has 1 unspecified atom stereocenters. The van der Waals surface area contributed by atoms with E-state index in [1.807, 2.05) is 18.3 Å². The molecule has 1 aliphatic rings. The average molecular weight is 286 g/mol. The van der Waals surface area contributed by atoms with Crippen LogP contribution in [0, 0.1) is 17.2 Å². The molecular formula is C16H20N3S+. The molecule has 0 radical (unpaired) electrons. The van der Waals surface area contributed by atoms with Crippen LogP contribution in [0.3, 0.4) is 0 Å². The highest BCUT2D eigenvalue weighted by Gasteiger charge is 2.31. The molecule has 4 heteroatoms. The van der Waals surface area contributed by atoms with Crippen LogP contribution in [0.15, 0.2) is 24.3 Å². The first kappa shape index (κ1) is 13.5. The summed E-state index contributed by atoms with van der Waals surface area (Å²) >= 11 is 1.83. The van der Waals surface area contributed by atoms with Crippen molar-refractivity contribution in [1.29, 1.82) is 5.26 Å². The van der Waals surface area contributed by atoms with Gasteiger partial charge in [0.25, 0.3) is 0 Å². The quantitative estimate of drug-likeness (QED) is 0.942. The number of nitrogens with zero attached hydrogens (tertiary/aromatic N) is 2. The smallest absolute Gasteiger partial charge is 0.151 e. The molecule has 0 saturated carbocycles. The summed E-state index contributed by atoms with van der Waals surface area (Å²) in [7, 11) is 0. The number of thiazole rings is 1. The number of quaternary nitrogens is 1. The topological polar surface area (TPSA) is 41.1 Å². The number of hydrogen-bond donors (Lipinski definition) is 1. The van der Waals surface area contributed by atoms with Gasteiger partial charge in [0.15, 0.2) is 5.01 Å². The molecule has 3 rings (SSSR count). The third kappa shape index (κ3) is 2.70. The average Bonchev–Trinajstić information content (AvgIpc) is 2.91. The van der Waals surface area contributed by atoms with Gasteiger partial charge in [-0.1, -0.05) is 12.1 Å². The number of likely N-dealkylation sites (tertiary alicyclic amines) is 1. The number of benzene rings is 1. The number of para-hydroxylation sites is 1. The highest BCUT2D eigenvalue weighted by molar-refractivity contribution is 7.18. The van der Waals surface area contributed by atoms with Crippen LogP contribution in [0.1, 0.15) is 37.2 Å². The number of fused-ring (bicyclic) bond motifs is 1. The van der Waals surface area contributed by atoms with Crippen LogP contribution in [0.4, 0.5) is 0 Å². The molecule has 3 atom stereocenters. The molecule has 1 fully saturated rings. The van der Waals surface area contributed by atoms with Gasteiger partial charge in [-0.3, -0.25) is 0 Å². The molecule has 1 N–H and O–H groups in total. The fourth-order valence-corrected chi connectivity index (χ4v) is 4.26. The summed E-state index contributed by atoms with van der Waals surface area (Å²) in [6.07, 6.45) is 3.76. The standard InChI is InChI=1S/C16H19N3S/c1-12(10-17)11-19-9-5-4-7-14(19)16-18-13-6-2-3-8-15(13)20-16/h2-3,6,8,12,14H,4-5,7,9,11H2,1H3/p+1/t12-,14+/m0/s1. The zero-order valence-electron chi connectivity index (χ0n) is 11.8. The molecule has 20 heavy (non-hydrogen) atoms. The number of piperidine rings is 1. The molecule has 1 saturated heterocycles. The lowest BCUT2D eigenvalue weighted by Gasteiger charge is -2.31. The van der Waals surface area contributed by atoms with Crippen molar-refractivity contribution in [2.45, 2.75) is 32.2 Å². The van der Waals surface area contributed by atoms with Gasteiger partial charge in [-0.15, -0.1) is 11.3 Å². The molecule has 1 aromatic heterocycles. The lowest BCUT2D eigenvalue weighted by Crippen LogP contribution is -3.13. The van der Waals surface area contributed by atoms with E-state index >= 15 is 0 Å². The molecule has 2 aromatic rings. The molecule has 0 aliphatic carbocycles. The van der Waals surface area contributed by atoms with Crippen LogP contribution in [0.25, 0.3) is 10.2 Å². The minimum absolute atomic E-state index is 0.125. The molecular weight excluding hydrogens is 266 g/mol. The van der Waals surface area contributed by atoms with Crippen LogP contribution >= 0.6 is 11.3 Å². The Balaban J connectivity index is 1.87. The van der Waals surface area contributed by atoms with Crippen molar-refractivity contribution < 1.29 is 4.90 Å². The maximum Gasteiger partial charge on any atom is 0.151 e. The zero-order chi connectivity index (χ0) is 13.9. The van der Waals surface area contributed by atoms with Gasteiger partial charge >= 0.3 is 0 Å². The van der Waals surface area contributed by atoms with Crippen LogP contribution in [-0.4, -0.2) is 18.1 Å². The Hall–Kier alpha value is -1.44. The van der Waals surface area contributed by atoms with E-state index < -0.39 is 0 Å². The Kier molecular flexibility index (Phi) is 4.00.